The normalized spacial score (nSPS) is 14.3. The van der Waals surface area contributed by atoms with Gasteiger partial charge in [-0.2, -0.15) is 0 Å². The fourth-order valence-electron chi connectivity index (χ4n) is 2.77. The Kier molecular flexibility index (Phi) is 5.23. The topological polar surface area (TPSA) is 69.6 Å². The van der Waals surface area contributed by atoms with Crippen molar-refractivity contribution in [2.45, 2.75) is 6.54 Å². The summed E-state index contributed by atoms with van der Waals surface area (Å²) in [5.41, 5.74) is 1.53. The van der Waals surface area contributed by atoms with Gasteiger partial charge in [-0.05, 0) is 11.6 Å². The quantitative estimate of drug-likeness (QED) is 0.761. The highest BCUT2D eigenvalue weighted by molar-refractivity contribution is 5.92. The highest BCUT2D eigenvalue weighted by Gasteiger charge is 2.22. The third-order valence-corrected chi connectivity index (χ3v) is 4.22. The summed E-state index contributed by atoms with van der Waals surface area (Å²) in [5, 5.41) is 0. The minimum absolute atomic E-state index is 0.123. The second-order valence-corrected chi connectivity index (χ2v) is 6.02. The molecule has 25 heavy (non-hydrogen) atoms. The fourth-order valence-corrected chi connectivity index (χ4v) is 2.77. The Balaban J connectivity index is 1.68. The van der Waals surface area contributed by atoms with Gasteiger partial charge in [0, 0.05) is 46.0 Å². The van der Waals surface area contributed by atoms with Gasteiger partial charge in [-0.15, -0.1) is 0 Å². The van der Waals surface area contributed by atoms with Gasteiger partial charge in [0.25, 0.3) is 5.91 Å². The van der Waals surface area contributed by atoms with Gasteiger partial charge in [0.15, 0.2) is 0 Å². The molecule has 2 amide bonds. The van der Waals surface area contributed by atoms with E-state index in [1.54, 1.807) is 22.1 Å². The zero-order chi connectivity index (χ0) is 17.6. The first-order chi connectivity index (χ1) is 12.2. The van der Waals surface area contributed by atoms with Crippen LogP contribution in [0.2, 0.25) is 0 Å². The van der Waals surface area contributed by atoms with E-state index in [4.69, 9.17) is 0 Å². The molecular formula is C18H21N5O2. The van der Waals surface area contributed by atoms with Crippen molar-refractivity contribution in [3.05, 3.63) is 53.9 Å². The average Bonchev–Trinajstić information content (AvgIpc) is 2.68. The number of benzene rings is 1. The molecule has 0 atom stereocenters. The molecule has 3 rings (SSSR count). The van der Waals surface area contributed by atoms with Gasteiger partial charge >= 0.3 is 0 Å². The van der Waals surface area contributed by atoms with Crippen LogP contribution in [0.15, 0.2) is 42.6 Å². The van der Waals surface area contributed by atoms with Gasteiger partial charge in [0.1, 0.15) is 5.69 Å². The highest BCUT2D eigenvalue weighted by atomic mass is 16.2. The van der Waals surface area contributed by atoms with Gasteiger partial charge < -0.3 is 14.7 Å². The number of carbonyl (C=O) groups is 2. The molecule has 0 spiro atoms. The zero-order valence-electron chi connectivity index (χ0n) is 14.2. The Labute approximate surface area is 146 Å². The average molecular weight is 339 g/mol. The SMILES string of the molecule is CN(Cc1ccccc1)c1nccc(C(=O)N2CCN(C=O)CC2)n1. The Bertz CT molecular complexity index is 729. The van der Waals surface area contributed by atoms with Crippen LogP contribution in [0, 0.1) is 0 Å². The summed E-state index contributed by atoms with van der Waals surface area (Å²) < 4.78 is 0. The maximum absolute atomic E-state index is 12.6. The summed E-state index contributed by atoms with van der Waals surface area (Å²) in [6, 6.07) is 11.7. The molecule has 0 unspecified atom stereocenters. The van der Waals surface area contributed by atoms with Crippen LogP contribution >= 0.6 is 0 Å². The molecule has 0 aliphatic carbocycles. The van der Waals surface area contributed by atoms with Gasteiger partial charge in [-0.3, -0.25) is 9.59 Å². The summed E-state index contributed by atoms with van der Waals surface area (Å²) >= 11 is 0. The van der Waals surface area contributed by atoms with Crippen LogP contribution in [0.25, 0.3) is 0 Å². The number of piperazine rings is 1. The summed E-state index contributed by atoms with van der Waals surface area (Å²) in [4.78, 5) is 37.4. The van der Waals surface area contributed by atoms with Crippen LogP contribution in [0.4, 0.5) is 5.95 Å². The number of aromatic nitrogens is 2. The lowest BCUT2D eigenvalue weighted by molar-refractivity contribution is -0.119. The van der Waals surface area contributed by atoms with E-state index in [1.165, 1.54) is 0 Å². The molecule has 1 fully saturated rings. The van der Waals surface area contributed by atoms with Gasteiger partial charge in [-0.1, -0.05) is 30.3 Å². The van der Waals surface area contributed by atoms with Crippen molar-refractivity contribution < 1.29 is 9.59 Å². The van der Waals surface area contributed by atoms with Crippen molar-refractivity contribution in [3.63, 3.8) is 0 Å². The third kappa shape index (κ3) is 4.12. The number of carbonyl (C=O) groups excluding carboxylic acids is 2. The smallest absolute Gasteiger partial charge is 0.272 e. The van der Waals surface area contributed by atoms with Crippen molar-refractivity contribution in [1.29, 1.82) is 0 Å². The molecule has 1 aromatic carbocycles. The zero-order valence-corrected chi connectivity index (χ0v) is 14.2. The standard InChI is InChI=1S/C18H21N5O2/c1-21(13-15-5-3-2-4-6-15)18-19-8-7-16(20-18)17(25)23-11-9-22(14-24)10-12-23/h2-8,14H,9-13H2,1H3. The van der Waals surface area contributed by atoms with E-state index in [2.05, 4.69) is 9.97 Å². The van der Waals surface area contributed by atoms with Crippen LogP contribution < -0.4 is 4.90 Å². The molecule has 1 aliphatic heterocycles. The lowest BCUT2D eigenvalue weighted by Gasteiger charge is -2.32. The molecule has 1 saturated heterocycles. The maximum Gasteiger partial charge on any atom is 0.272 e. The second kappa shape index (κ2) is 7.74. The van der Waals surface area contributed by atoms with Crippen LogP contribution in [0.3, 0.4) is 0 Å². The third-order valence-electron chi connectivity index (χ3n) is 4.22. The molecule has 130 valence electrons. The molecule has 1 aromatic heterocycles. The molecule has 0 N–H and O–H groups in total. The number of amides is 2. The molecule has 0 radical (unpaired) electrons. The maximum atomic E-state index is 12.6. The molecule has 2 aromatic rings. The monoisotopic (exact) mass is 339 g/mol. The van der Waals surface area contributed by atoms with Crippen molar-refractivity contribution in [2.75, 3.05) is 38.1 Å². The molecule has 1 aliphatic rings. The second-order valence-electron chi connectivity index (χ2n) is 6.02. The first-order valence-electron chi connectivity index (χ1n) is 8.24. The minimum Gasteiger partial charge on any atom is -0.342 e. The number of hydrogen-bond donors (Lipinski definition) is 0. The van der Waals surface area contributed by atoms with Crippen molar-refractivity contribution >= 4 is 18.3 Å². The lowest BCUT2D eigenvalue weighted by atomic mass is 10.2. The molecule has 0 bridgehead atoms. The largest absolute Gasteiger partial charge is 0.342 e. The summed E-state index contributed by atoms with van der Waals surface area (Å²) in [6.45, 7) is 2.83. The Morgan fingerprint density at radius 3 is 2.56 bits per heavy atom. The molecular weight excluding hydrogens is 318 g/mol. The summed E-state index contributed by atoms with van der Waals surface area (Å²) in [5.74, 6) is 0.392. The van der Waals surface area contributed by atoms with Crippen LogP contribution in [-0.2, 0) is 11.3 Å². The Morgan fingerprint density at radius 2 is 1.88 bits per heavy atom. The van der Waals surface area contributed by atoms with Crippen molar-refractivity contribution in [1.82, 2.24) is 19.8 Å². The van der Waals surface area contributed by atoms with Crippen LogP contribution in [0.1, 0.15) is 16.1 Å². The van der Waals surface area contributed by atoms with Crippen LogP contribution in [0.5, 0.6) is 0 Å². The van der Waals surface area contributed by atoms with E-state index in [0.717, 1.165) is 12.0 Å². The summed E-state index contributed by atoms with van der Waals surface area (Å²) in [6.07, 6.45) is 2.43. The first kappa shape index (κ1) is 16.9. The van der Waals surface area contributed by atoms with E-state index in [9.17, 15) is 9.59 Å². The number of anilines is 1. The predicted molar refractivity (Wildman–Crippen MR) is 94.1 cm³/mol. The van der Waals surface area contributed by atoms with E-state index in [0.29, 0.717) is 44.4 Å². The predicted octanol–water partition coefficient (Wildman–Crippen LogP) is 1.03. The van der Waals surface area contributed by atoms with E-state index < -0.39 is 0 Å². The van der Waals surface area contributed by atoms with Crippen molar-refractivity contribution in [3.8, 4) is 0 Å². The van der Waals surface area contributed by atoms with Crippen molar-refractivity contribution in [2.24, 2.45) is 0 Å². The van der Waals surface area contributed by atoms with E-state index >= 15 is 0 Å². The fraction of sp³-hybridized carbons (Fsp3) is 0.333. The summed E-state index contributed by atoms with van der Waals surface area (Å²) in [7, 11) is 1.90. The van der Waals surface area contributed by atoms with Gasteiger partial charge in [0.05, 0.1) is 0 Å². The highest BCUT2D eigenvalue weighted by Crippen LogP contribution is 2.12. The van der Waals surface area contributed by atoms with Crippen LogP contribution in [-0.4, -0.2) is 65.3 Å². The Hall–Kier alpha value is -2.96. The molecule has 7 nitrogen and oxygen atoms in total. The number of rotatable bonds is 5. The molecule has 0 saturated carbocycles. The molecule has 7 heteroatoms. The Morgan fingerprint density at radius 1 is 1.16 bits per heavy atom. The lowest BCUT2D eigenvalue weighted by Crippen LogP contribution is -2.48. The van der Waals surface area contributed by atoms with E-state index in [1.807, 2.05) is 42.3 Å². The number of nitrogens with zero attached hydrogens (tertiary/aromatic N) is 5. The van der Waals surface area contributed by atoms with E-state index in [-0.39, 0.29) is 5.91 Å². The number of hydrogen-bond acceptors (Lipinski definition) is 5. The first-order valence-corrected chi connectivity index (χ1v) is 8.24. The van der Waals surface area contributed by atoms with Gasteiger partial charge in [-0.25, -0.2) is 9.97 Å². The minimum atomic E-state index is -0.123. The van der Waals surface area contributed by atoms with Gasteiger partial charge in [0.2, 0.25) is 12.4 Å². The molecule has 2 heterocycles.